The Kier molecular flexibility index (Phi) is 7.79. The molecule has 36 heavy (non-hydrogen) atoms. The van der Waals surface area contributed by atoms with E-state index in [1.54, 1.807) is 23.9 Å². The number of nitriles is 1. The largest absolute Gasteiger partial charge is 0.573 e. The van der Waals surface area contributed by atoms with Crippen LogP contribution in [0.15, 0.2) is 29.3 Å². The van der Waals surface area contributed by atoms with Gasteiger partial charge in [-0.25, -0.2) is 4.79 Å². The minimum atomic E-state index is -4.74. The third-order valence-electron chi connectivity index (χ3n) is 7.28. The van der Waals surface area contributed by atoms with E-state index in [9.17, 15) is 23.2 Å². The number of benzene rings is 1. The molecule has 0 bridgehead atoms. The molecule has 1 aromatic rings. The summed E-state index contributed by atoms with van der Waals surface area (Å²) in [6.07, 6.45) is -2.59. The second kappa shape index (κ2) is 10.5. The van der Waals surface area contributed by atoms with Gasteiger partial charge >= 0.3 is 12.4 Å². The van der Waals surface area contributed by atoms with Crippen molar-refractivity contribution >= 4 is 22.8 Å². The fraction of sp³-hybridized carbons (Fsp3) is 0.654. The van der Waals surface area contributed by atoms with E-state index in [2.05, 4.69) is 31.6 Å². The number of halogens is 3. The lowest BCUT2D eigenvalue weighted by atomic mass is 9.84. The van der Waals surface area contributed by atoms with Crippen LogP contribution >= 0.6 is 11.8 Å². The summed E-state index contributed by atoms with van der Waals surface area (Å²) in [4.78, 5) is 22.2. The third-order valence-corrected chi connectivity index (χ3v) is 8.49. The highest BCUT2D eigenvalue weighted by atomic mass is 32.2. The van der Waals surface area contributed by atoms with Gasteiger partial charge in [-0.05, 0) is 42.4 Å². The van der Waals surface area contributed by atoms with E-state index in [0.717, 1.165) is 22.8 Å². The molecule has 0 spiro atoms. The van der Waals surface area contributed by atoms with E-state index in [-0.39, 0.29) is 41.0 Å². The maximum absolute atomic E-state index is 13.5. The molecule has 3 unspecified atom stereocenters. The lowest BCUT2D eigenvalue weighted by Crippen LogP contribution is -2.52. The molecule has 2 amide bonds. The normalized spacial score (nSPS) is 25.9. The van der Waals surface area contributed by atoms with Gasteiger partial charge < -0.3 is 14.5 Å². The Balaban J connectivity index is 1.54. The second-order valence-corrected chi connectivity index (χ2v) is 12.0. The van der Waals surface area contributed by atoms with Crippen LogP contribution in [0.4, 0.5) is 18.0 Å². The molecular weight excluding hydrogens is 489 g/mol. The SMILES string of the molecule is CC(C)(C)C1CSC(C2CC(c3ccc(OC(F)(F)F)cc3)CN(C(=O)N3CCC(C#N)CC3)C2)=N1. The first-order valence-electron chi connectivity index (χ1n) is 12.4. The molecule has 2 saturated heterocycles. The molecule has 3 aliphatic heterocycles. The first-order chi connectivity index (χ1) is 16.9. The minimum Gasteiger partial charge on any atom is -0.406 e. The fourth-order valence-electron chi connectivity index (χ4n) is 5.08. The molecule has 0 aliphatic carbocycles. The summed E-state index contributed by atoms with van der Waals surface area (Å²) in [5, 5.41) is 10.3. The number of carbonyl (C=O) groups is 1. The number of aliphatic imine (C=N–C) groups is 1. The zero-order chi connectivity index (χ0) is 26.1. The number of alkyl halides is 3. The maximum atomic E-state index is 13.5. The molecular formula is C26H33F3N4O2S. The van der Waals surface area contributed by atoms with Gasteiger partial charge in [0.2, 0.25) is 0 Å². The minimum absolute atomic E-state index is 0.00749. The van der Waals surface area contributed by atoms with Gasteiger partial charge in [0.15, 0.2) is 0 Å². The van der Waals surface area contributed by atoms with Crippen LogP contribution in [0.5, 0.6) is 5.75 Å². The van der Waals surface area contributed by atoms with Crippen molar-refractivity contribution in [2.45, 2.75) is 58.4 Å². The van der Waals surface area contributed by atoms with Crippen molar-refractivity contribution in [1.29, 1.82) is 5.26 Å². The Morgan fingerprint density at radius 2 is 1.72 bits per heavy atom. The van der Waals surface area contributed by atoms with Crippen LogP contribution in [0, 0.1) is 28.6 Å². The molecule has 10 heteroatoms. The molecule has 1 aromatic carbocycles. The quantitative estimate of drug-likeness (QED) is 0.495. The summed E-state index contributed by atoms with van der Waals surface area (Å²) < 4.78 is 41.8. The molecule has 3 aliphatic rings. The van der Waals surface area contributed by atoms with Gasteiger partial charge in [-0.1, -0.05) is 32.9 Å². The van der Waals surface area contributed by atoms with Gasteiger partial charge in [-0.3, -0.25) is 4.99 Å². The second-order valence-electron chi connectivity index (χ2n) is 11.0. The van der Waals surface area contributed by atoms with Crippen LogP contribution < -0.4 is 4.74 Å². The van der Waals surface area contributed by atoms with Gasteiger partial charge in [-0.15, -0.1) is 24.9 Å². The van der Waals surface area contributed by atoms with Crippen molar-refractivity contribution < 1.29 is 22.7 Å². The smallest absolute Gasteiger partial charge is 0.406 e. The van der Waals surface area contributed by atoms with Crippen LogP contribution in [0.25, 0.3) is 0 Å². The number of ether oxygens (including phenoxy) is 1. The van der Waals surface area contributed by atoms with Crippen molar-refractivity contribution in [1.82, 2.24) is 9.80 Å². The Morgan fingerprint density at radius 1 is 1.08 bits per heavy atom. The first-order valence-corrected chi connectivity index (χ1v) is 13.4. The van der Waals surface area contributed by atoms with E-state index in [1.807, 2.05) is 9.80 Å². The first kappa shape index (κ1) is 26.6. The fourth-order valence-corrected chi connectivity index (χ4v) is 6.59. The lowest BCUT2D eigenvalue weighted by Gasteiger charge is -2.41. The van der Waals surface area contributed by atoms with Crippen molar-refractivity contribution in [3.05, 3.63) is 29.8 Å². The highest BCUT2D eigenvalue weighted by molar-refractivity contribution is 8.14. The maximum Gasteiger partial charge on any atom is 0.573 e. The Bertz CT molecular complexity index is 1010. The van der Waals surface area contributed by atoms with E-state index in [4.69, 9.17) is 4.99 Å². The summed E-state index contributed by atoms with van der Waals surface area (Å²) in [6, 6.07) is 8.48. The highest BCUT2D eigenvalue weighted by Crippen LogP contribution is 2.39. The van der Waals surface area contributed by atoms with E-state index < -0.39 is 6.36 Å². The van der Waals surface area contributed by atoms with Gasteiger partial charge in [0, 0.05) is 49.7 Å². The summed E-state index contributed by atoms with van der Waals surface area (Å²) in [5.74, 6) is 0.704. The van der Waals surface area contributed by atoms with E-state index >= 15 is 0 Å². The molecule has 2 fully saturated rings. The monoisotopic (exact) mass is 522 g/mol. The van der Waals surface area contributed by atoms with E-state index in [0.29, 0.717) is 39.0 Å². The molecule has 0 aromatic heterocycles. The van der Waals surface area contributed by atoms with Crippen LogP contribution in [0.2, 0.25) is 0 Å². The molecule has 4 rings (SSSR count). The molecule has 6 nitrogen and oxygen atoms in total. The Hall–Kier alpha value is -2.41. The number of hydrogen-bond donors (Lipinski definition) is 0. The van der Waals surface area contributed by atoms with Crippen LogP contribution in [0.3, 0.4) is 0 Å². The lowest BCUT2D eigenvalue weighted by molar-refractivity contribution is -0.274. The number of rotatable bonds is 3. The topological polar surface area (TPSA) is 68.9 Å². The number of hydrogen-bond acceptors (Lipinski definition) is 5. The molecule has 0 N–H and O–H groups in total. The Morgan fingerprint density at radius 3 is 2.28 bits per heavy atom. The van der Waals surface area contributed by atoms with Crippen LogP contribution in [-0.4, -0.2) is 65.2 Å². The average molecular weight is 523 g/mol. The van der Waals surface area contributed by atoms with E-state index in [1.165, 1.54) is 12.1 Å². The number of urea groups is 1. The molecule has 3 atom stereocenters. The third kappa shape index (κ3) is 6.47. The standard InChI is InChI=1S/C26H33F3N4O2S/c1-25(2,3)22-16-36-23(31-22)20-12-19(18-4-6-21(7-5-18)35-26(27,28)29)14-33(15-20)24(34)32-10-8-17(13-30)9-11-32/h4-7,17,19-20,22H,8-12,14-16H2,1-3H3. The number of thioether (sulfide) groups is 1. The Labute approximate surface area is 214 Å². The average Bonchev–Trinajstić information content (AvgIpc) is 3.34. The highest BCUT2D eigenvalue weighted by Gasteiger charge is 2.39. The molecule has 0 saturated carbocycles. The van der Waals surface area contributed by atoms with Crippen molar-refractivity contribution in [3.63, 3.8) is 0 Å². The molecule has 0 radical (unpaired) electrons. The predicted molar refractivity (Wildman–Crippen MR) is 134 cm³/mol. The van der Waals surface area contributed by atoms with Crippen molar-refractivity contribution in [2.75, 3.05) is 31.9 Å². The van der Waals surface area contributed by atoms with Gasteiger partial charge in [0.25, 0.3) is 0 Å². The number of amides is 2. The summed E-state index contributed by atoms with van der Waals surface area (Å²) in [7, 11) is 0. The number of likely N-dealkylation sites (tertiary alicyclic amines) is 2. The summed E-state index contributed by atoms with van der Waals surface area (Å²) >= 11 is 1.76. The van der Waals surface area contributed by atoms with Gasteiger partial charge in [0.05, 0.1) is 17.2 Å². The van der Waals surface area contributed by atoms with Crippen LogP contribution in [0.1, 0.15) is 51.5 Å². The van der Waals surface area contributed by atoms with Gasteiger partial charge in [-0.2, -0.15) is 5.26 Å². The number of piperidine rings is 2. The zero-order valence-electron chi connectivity index (χ0n) is 20.9. The van der Waals surface area contributed by atoms with Gasteiger partial charge in [0.1, 0.15) is 5.75 Å². The zero-order valence-corrected chi connectivity index (χ0v) is 21.7. The van der Waals surface area contributed by atoms with Crippen LogP contribution in [-0.2, 0) is 0 Å². The summed E-state index contributed by atoms with van der Waals surface area (Å²) in [5.41, 5.74) is 0.934. The number of carbonyl (C=O) groups excluding carboxylic acids is 1. The van der Waals surface area contributed by atoms with Crippen molar-refractivity contribution in [3.8, 4) is 11.8 Å². The van der Waals surface area contributed by atoms with Crippen molar-refractivity contribution in [2.24, 2.45) is 22.2 Å². The number of nitrogens with zero attached hydrogens (tertiary/aromatic N) is 4. The molecule has 196 valence electrons. The summed E-state index contributed by atoms with van der Waals surface area (Å²) in [6.45, 7) is 8.74. The predicted octanol–water partition coefficient (Wildman–Crippen LogP) is 5.91. The molecule has 3 heterocycles.